The second kappa shape index (κ2) is 15.3. The topological polar surface area (TPSA) is 175 Å². The molecule has 15 heteroatoms. The average Bonchev–Trinajstić information content (AvgIpc) is 4.01. The van der Waals surface area contributed by atoms with Crippen molar-refractivity contribution in [2.24, 2.45) is 11.8 Å². The summed E-state index contributed by atoms with van der Waals surface area (Å²) in [5.74, 6) is 0.658. The molecule has 4 atom stereocenters. The van der Waals surface area contributed by atoms with Crippen LogP contribution in [0.2, 0.25) is 0 Å². The van der Waals surface area contributed by atoms with E-state index >= 15 is 4.39 Å². The third kappa shape index (κ3) is 7.01. The van der Waals surface area contributed by atoms with Crippen molar-refractivity contribution in [3.05, 3.63) is 72.2 Å². The van der Waals surface area contributed by atoms with Gasteiger partial charge >= 0.3 is 12.2 Å². The van der Waals surface area contributed by atoms with Crippen LogP contribution >= 0.6 is 0 Å². The Kier molecular flexibility index (Phi) is 10.4. The zero-order valence-corrected chi connectivity index (χ0v) is 32.4. The molecule has 294 valence electrons. The van der Waals surface area contributed by atoms with Crippen LogP contribution in [0.4, 0.5) is 14.0 Å². The molecular formula is C41H47FN8O6. The molecule has 1 saturated carbocycles. The first kappa shape index (κ1) is 38.3. The average molecular weight is 767 g/mol. The summed E-state index contributed by atoms with van der Waals surface area (Å²) < 4.78 is 25.1. The number of piperidine rings is 1. The number of imidazole rings is 2. The number of aromatic nitrogens is 4. The van der Waals surface area contributed by atoms with E-state index in [1.165, 1.54) is 20.3 Å². The van der Waals surface area contributed by atoms with Gasteiger partial charge in [0.25, 0.3) is 0 Å². The third-order valence-electron chi connectivity index (χ3n) is 11.7. The standard InChI is InChI=1S/C41H47FN8O6/c1-22(2)23(3)49(35(51)19-44-39(53)55-5)21-34-43-18-33(46-34)30-13-8-25(16-31(30)42)24-7-12-29-26(15-24)9-14-32-37(29)48-38(47-32)41(4)27-10-11-28(17-27)50(41)36(52)20-45-40(54)56-6/h7-9,12-16,18,22-23,27-28H,10-11,17,19-21H2,1-6H3,(H,43,46)(H,44,53)(H,45,54)(H,47,48)/t23?,27-,28+,41-/m0/s1. The van der Waals surface area contributed by atoms with Crippen LogP contribution < -0.4 is 10.6 Å². The predicted octanol–water partition coefficient (Wildman–Crippen LogP) is 6.22. The Hall–Kier alpha value is -5.99. The van der Waals surface area contributed by atoms with Crippen molar-refractivity contribution in [2.45, 2.75) is 71.1 Å². The number of alkyl carbamates (subject to hydrolysis) is 2. The second-order valence-electron chi connectivity index (χ2n) is 15.2. The SMILES string of the molecule is COC(=O)NCC(=O)N(Cc1ncc(-c2ccc(-c3ccc4c(ccc5nc([C@]6(C)[C@H]7CC[C@H](C7)N6C(=O)CNC(=O)OC)[nH]c54)c3)cc2F)[nH]1)C(C)C(C)C. The maximum Gasteiger partial charge on any atom is 0.407 e. The number of methoxy groups -OCH3 is 2. The number of rotatable bonds is 11. The molecule has 4 amide bonds. The van der Waals surface area contributed by atoms with E-state index in [-0.39, 0.29) is 55.4 Å². The minimum absolute atomic E-state index is 0.0780. The highest BCUT2D eigenvalue weighted by Gasteiger charge is 2.58. The number of hydrogen-bond acceptors (Lipinski definition) is 8. The number of ether oxygens (including phenoxy) is 2. The number of amides is 4. The van der Waals surface area contributed by atoms with Crippen LogP contribution in [0.15, 0.2) is 54.7 Å². The van der Waals surface area contributed by atoms with Gasteiger partial charge in [-0.15, -0.1) is 0 Å². The van der Waals surface area contributed by atoms with Gasteiger partial charge in [-0.1, -0.05) is 38.1 Å². The van der Waals surface area contributed by atoms with Gasteiger partial charge in [-0.25, -0.2) is 23.9 Å². The summed E-state index contributed by atoms with van der Waals surface area (Å²) in [7, 11) is 2.50. The van der Waals surface area contributed by atoms with Gasteiger partial charge in [0.15, 0.2) is 0 Å². The molecule has 2 aliphatic rings. The number of halogens is 1. The molecule has 1 aliphatic heterocycles. The molecule has 7 rings (SSSR count). The largest absolute Gasteiger partial charge is 0.453 e. The zero-order chi connectivity index (χ0) is 39.9. The highest BCUT2D eigenvalue weighted by molar-refractivity contribution is 6.05. The lowest BCUT2D eigenvalue weighted by atomic mass is 9.83. The lowest BCUT2D eigenvalue weighted by Gasteiger charge is -2.43. The Morgan fingerprint density at radius 3 is 2.39 bits per heavy atom. The molecule has 1 unspecified atom stereocenters. The fourth-order valence-electron chi connectivity index (χ4n) is 8.38. The molecule has 3 heterocycles. The van der Waals surface area contributed by atoms with Crippen LogP contribution in [0.3, 0.4) is 0 Å². The number of nitrogens with zero attached hydrogens (tertiary/aromatic N) is 4. The Labute approximate surface area is 323 Å². The number of H-pyrrole nitrogens is 2. The molecule has 0 spiro atoms. The molecule has 2 fully saturated rings. The molecule has 5 aromatic rings. The zero-order valence-electron chi connectivity index (χ0n) is 32.4. The molecule has 14 nitrogen and oxygen atoms in total. The number of carbonyl (C=O) groups is 4. The Balaban J connectivity index is 1.11. The Morgan fingerprint density at radius 1 is 0.964 bits per heavy atom. The summed E-state index contributed by atoms with van der Waals surface area (Å²) in [4.78, 5) is 69.5. The van der Waals surface area contributed by atoms with Gasteiger partial charge in [0, 0.05) is 23.0 Å². The fraction of sp³-hybridized carbons (Fsp3) is 0.415. The molecule has 2 aromatic heterocycles. The van der Waals surface area contributed by atoms with Gasteiger partial charge in [-0.05, 0) is 85.7 Å². The van der Waals surface area contributed by atoms with Crippen molar-refractivity contribution in [3.63, 3.8) is 0 Å². The van der Waals surface area contributed by atoms with E-state index in [4.69, 9.17) is 4.98 Å². The van der Waals surface area contributed by atoms with E-state index in [2.05, 4.69) is 42.0 Å². The lowest BCUT2D eigenvalue weighted by Crippen LogP contribution is -2.54. The minimum atomic E-state index is -0.695. The molecule has 0 radical (unpaired) electrons. The maximum atomic E-state index is 15.8. The third-order valence-corrected chi connectivity index (χ3v) is 11.7. The smallest absolute Gasteiger partial charge is 0.407 e. The van der Waals surface area contributed by atoms with Crippen molar-refractivity contribution in [2.75, 3.05) is 27.3 Å². The number of fused-ring (bicyclic) bond motifs is 5. The first-order valence-electron chi connectivity index (χ1n) is 18.8. The molecular weight excluding hydrogens is 719 g/mol. The van der Waals surface area contributed by atoms with Crippen LogP contribution in [0.5, 0.6) is 0 Å². The number of hydrogen-bond donors (Lipinski definition) is 4. The number of likely N-dealkylation sites (tertiary alicyclic amines) is 1. The van der Waals surface area contributed by atoms with E-state index in [1.54, 1.807) is 17.2 Å². The molecule has 1 aliphatic carbocycles. The predicted molar refractivity (Wildman–Crippen MR) is 208 cm³/mol. The first-order valence-corrected chi connectivity index (χ1v) is 18.8. The summed E-state index contributed by atoms with van der Waals surface area (Å²) in [6, 6.07) is 14.9. The van der Waals surface area contributed by atoms with E-state index in [0.717, 1.165) is 46.6 Å². The van der Waals surface area contributed by atoms with Crippen LogP contribution in [-0.2, 0) is 31.1 Å². The normalized spacial score (nSPS) is 19.4. The first-order chi connectivity index (χ1) is 26.8. The highest BCUT2D eigenvalue weighted by atomic mass is 19.1. The molecule has 2 bridgehead atoms. The van der Waals surface area contributed by atoms with Gasteiger partial charge in [0.1, 0.15) is 36.1 Å². The summed E-state index contributed by atoms with van der Waals surface area (Å²) >= 11 is 0. The van der Waals surface area contributed by atoms with Gasteiger partial charge in [-0.2, -0.15) is 0 Å². The van der Waals surface area contributed by atoms with Crippen LogP contribution in [-0.4, -0.2) is 93.1 Å². The summed E-state index contributed by atoms with van der Waals surface area (Å²) in [6.07, 6.45) is 2.99. The van der Waals surface area contributed by atoms with Crippen LogP contribution in [0.25, 0.3) is 44.2 Å². The number of benzene rings is 3. The van der Waals surface area contributed by atoms with Crippen molar-refractivity contribution < 1.29 is 33.0 Å². The maximum absolute atomic E-state index is 15.8. The van der Waals surface area contributed by atoms with Crippen LogP contribution in [0, 0.1) is 17.7 Å². The monoisotopic (exact) mass is 766 g/mol. The molecule has 56 heavy (non-hydrogen) atoms. The van der Waals surface area contributed by atoms with Crippen LogP contribution in [0.1, 0.15) is 58.6 Å². The number of carbonyl (C=O) groups excluding carboxylic acids is 4. The van der Waals surface area contributed by atoms with Crippen molar-refractivity contribution in [1.29, 1.82) is 0 Å². The van der Waals surface area contributed by atoms with E-state index in [9.17, 15) is 19.2 Å². The van der Waals surface area contributed by atoms with Crippen molar-refractivity contribution in [1.82, 2.24) is 40.4 Å². The number of nitrogens with one attached hydrogen (secondary N) is 4. The molecule has 1 saturated heterocycles. The highest BCUT2D eigenvalue weighted by Crippen LogP contribution is 2.54. The Morgan fingerprint density at radius 2 is 1.68 bits per heavy atom. The van der Waals surface area contributed by atoms with Gasteiger partial charge in [0.05, 0.1) is 43.7 Å². The quantitative estimate of drug-likeness (QED) is 0.123. The van der Waals surface area contributed by atoms with E-state index in [1.807, 2.05) is 62.1 Å². The summed E-state index contributed by atoms with van der Waals surface area (Å²) in [6.45, 7) is 7.76. The molecule has 3 aromatic carbocycles. The fourth-order valence-corrected chi connectivity index (χ4v) is 8.38. The summed E-state index contributed by atoms with van der Waals surface area (Å²) in [5, 5.41) is 6.86. The second-order valence-corrected chi connectivity index (χ2v) is 15.2. The number of aromatic amines is 2. The molecule has 4 N–H and O–H groups in total. The minimum Gasteiger partial charge on any atom is -0.453 e. The van der Waals surface area contributed by atoms with E-state index < -0.39 is 23.5 Å². The summed E-state index contributed by atoms with van der Waals surface area (Å²) in [5.41, 5.74) is 3.31. The van der Waals surface area contributed by atoms with Gasteiger partial charge in [-0.3, -0.25) is 9.59 Å². The van der Waals surface area contributed by atoms with Crippen molar-refractivity contribution >= 4 is 45.8 Å². The van der Waals surface area contributed by atoms with E-state index in [0.29, 0.717) is 28.5 Å². The van der Waals surface area contributed by atoms with Crippen molar-refractivity contribution in [3.8, 4) is 22.4 Å². The van der Waals surface area contributed by atoms with Gasteiger partial charge < -0.3 is 39.9 Å². The van der Waals surface area contributed by atoms with Gasteiger partial charge in [0.2, 0.25) is 11.8 Å². The lowest BCUT2D eigenvalue weighted by molar-refractivity contribution is -0.140. The Bertz CT molecular complexity index is 2320.